The fraction of sp³-hybridized carbons (Fsp3) is 0.138. The van der Waals surface area contributed by atoms with Gasteiger partial charge in [0.15, 0.2) is 0 Å². The zero-order valence-corrected chi connectivity index (χ0v) is 19.9. The summed E-state index contributed by atoms with van der Waals surface area (Å²) in [7, 11) is 0. The van der Waals surface area contributed by atoms with Gasteiger partial charge in [-0.05, 0) is 82.5 Å². The van der Waals surface area contributed by atoms with Crippen molar-refractivity contribution in [3.8, 4) is 6.07 Å². The highest BCUT2D eigenvalue weighted by atomic mass is 35.5. The van der Waals surface area contributed by atoms with E-state index < -0.39 is 11.9 Å². The van der Waals surface area contributed by atoms with E-state index in [1.54, 1.807) is 24.3 Å². The molecule has 0 atom stereocenters. The second kappa shape index (κ2) is 9.80. The van der Waals surface area contributed by atoms with Gasteiger partial charge in [-0.2, -0.15) is 14.8 Å². The lowest BCUT2D eigenvalue weighted by Gasteiger charge is -2.32. The second-order valence-corrected chi connectivity index (χ2v) is 9.19. The molecule has 0 bridgehead atoms. The Labute approximate surface area is 212 Å². The van der Waals surface area contributed by atoms with Gasteiger partial charge in [-0.15, -0.1) is 0 Å². The summed E-state index contributed by atoms with van der Waals surface area (Å²) >= 11 is 6.72. The smallest absolute Gasteiger partial charge is 0.328 e. The standard InChI is InChI=1S/C29H21ClFN3O2/c30-24-14-18(16-32)6-11-22(24)28(19-2-1-3-19)27(20-8-4-17(5-9-20)7-13-26(35)36)21-10-12-25-23(15-21)29(31)34-33-25/h4-15,19H,1-3H2,(H,33,34)(H,35,36). The molecule has 1 aromatic heterocycles. The summed E-state index contributed by atoms with van der Waals surface area (Å²) in [6, 6.07) is 20.5. The third kappa shape index (κ3) is 4.53. The largest absolute Gasteiger partial charge is 0.478 e. The molecule has 2 N–H and O–H groups in total. The maximum atomic E-state index is 14.5. The van der Waals surface area contributed by atoms with Gasteiger partial charge < -0.3 is 5.11 Å². The van der Waals surface area contributed by atoms with E-state index in [9.17, 15) is 14.4 Å². The summed E-state index contributed by atoms with van der Waals surface area (Å²) in [6.45, 7) is 0. The third-order valence-corrected chi connectivity index (χ3v) is 6.90. The molecule has 178 valence electrons. The van der Waals surface area contributed by atoms with Gasteiger partial charge in [-0.3, -0.25) is 5.10 Å². The van der Waals surface area contributed by atoms with E-state index in [-0.39, 0.29) is 5.92 Å². The lowest BCUT2D eigenvalue weighted by Crippen LogP contribution is -2.15. The van der Waals surface area contributed by atoms with Crippen LogP contribution in [0.5, 0.6) is 0 Å². The average Bonchev–Trinajstić information content (AvgIpc) is 3.22. The number of halogens is 2. The number of benzene rings is 3. The van der Waals surface area contributed by atoms with E-state index in [2.05, 4.69) is 16.3 Å². The second-order valence-electron chi connectivity index (χ2n) is 8.79. The first-order valence-electron chi connectivity index (χ1n) is 11.5. The first kappa shape index (κ1) is 23.5. The van der Waals surface area contributed by atoms with Gasteiger partial charge in [0, 0.05) is 11.1 Å². The SMILES string of the molecule is N#Cc1ccc(C(=C(c2ccc(C=CC(=O)O)cc2)c2ccc3n[nH]c(F)c3c2)C2CCC2)c(Cl)c1. The number of hydrogen-bond donors (Lipinski definition) is 2. The molecule has 0 radical (unpaired) electrons. The molecule has 4 aromatic rings. The molecule has 36 heavy (non-hydrogen) atoms. The first-order valence-corrected chi connectivity index (χ1v) is 11.9. The highest BCUT2D eigenvalue weighted by Gasteiger charge is 2.29. The highest BCUT2D eigenvalue weighted by molar-refractivity contribution is 6.33. The minimum absolute atomic E-state index is 0.252. The molecule has 1 heterocycles. The number of carbonyl (C=O) groups is 1. The van der Waals surface area contributed by atoms with Crippen LogP contribution in [0.4, 0.5) is 4.39 Å². The molecule has 5 rings (SSSR count). The normalized spacial score (nSPS) is 14.5. The number of carboxylic acids is 1. The maximum absolute atomic E-state index is 14.5. The quantitative estimate of drug-likeness (QED) is 0.220. The Hall–Kier alpha value is -4.21. The minimum Gasteiger partial charge on any atom is -0.478 e. The van der Waals surface area contributed by atoms with Crippen LogP contribution in [0.25, 0.3) is 28.1 Å². The molecular formula is C29H21ClFN3O2. The van der Waals surface area contributed by atoms with Crippen LogP contribution in [0.3, 0.4) is 0 Å². The number of nitriles is 1. The van der Waals surface area contributed by atoms with Crippen LogP contribution in [0.2, 0.25) is 5.02 Å². The van der Waals surface area contributed by atoms with Gasteiger partial charge in [0.25, 0.3) is 0 Å². The average molecular weight is 498 g/mol. The number of nitrogens with zero attached hydrogens (tertiary/aromatic N) is 2. The lowest BCUT2D eigenvalue weighted by molar-refractivity contribution is -0.131. The van der Waals surface area contributed by atoms with E-state index in [0.717, 1.165) is 58.7 Å². The predicted octanol–water partition coefficient (Wildman–Crippen LogP) is 7.08. The van der Waals surface area contributed by atoms with Crippen LogP contribution >= 0.6 is 11.6 Å². The summed E-state index contributed by atoms with van der Waals surface area (Å²) in [5.74, 6) is -1.26. The number of aromatic amines is 1. The number of aliphatic carboxylic acids is 1. The Morgan fingerprint density at radius 3 is 2.50 bits per heavy atom. The zero-order chi connectivity index (χ0) is 25.2. The zero-order valence-electron chi connectivity index (χ0n) is 19.1. The number of nitrogens with one attached hydrogen (secondary N) is 1. The van der Waals surface area contributed by atoms with Crippen molar-refractivity contribution in [1.29, 1.82) is 5.26 Å². The highest BCUT2D eigenvalue weighted by Crippen LogP contribution is 2.47. The number of H-pyrrole nitrogens is 1. The summed E-state index contributed by atoms with van der Waals surface area (Å²) in [5.41, 5.74) is 6.29. The molecule has 1 saturated carbocycles. The van der Waals surface area contributed by atoms with Crippen LogP contribution < -0.4 is 0 Å². The Balaban J connectivity index is 1.77. The van der Waals surface area contributed by atoms with Crippen molar-refractivity contribution in [3.05, 3.63) is 106 Å². The molecule has 3 aromatic carbocycles. The summed E-state index contributed by atoms with van der Waals surface area (Å²) in [6.07, 6.45) is 5.72. The number of rotatable bonds is 6. The van der Waals surface area contributed by atoms with Crippen molar-refractivity contribution in [2.45, 2.75) is 19.3 Å². The Kier molecular flexibility index (Phi) is 6.41. The topological polar surface area (TPSA) is 89.8 Å². The van der Waals surface area contributed by atoms with Crippen LogP contribution in [0.1, 0.15) is 47.1 Å². The monoisotopic (exact) mass is 497 g/mol. The van der Waals surface area contributed by atoms with Crippen LogP contribution in [0.15, 0.2) is 66.7 Å². The molecule has 1 fully saturated rings. The van der Waals surface area contributed by atoms with Crippen molar-refractivity contribution in [2.75, 3.05) is 0 Å². The number of fused-ring (bicyclic) bond motifs is 1. The van der Waals surface area contributed by atoms with Crippen molar-refractivity contribution in [3.63, 3.8) is 0 Å². The molecule has 7 heteroatoms. The van der Waals surface area contributed by atoms with E-state index in [1.165, 1.54) is 6.08 Å². The van der Waals surface area contributed by atoms with Crippen LogP contribution in [-0.4, -0.2) is 21.3 Å². The van der Waals surface area contributed by atoms with Gasteiger partial charge in [0.1, 0.15) is 0 Å². The Morgan fingerprint density at radius 2 is 1.86 bits per heavy atom. The molecule has 5 nitrogen and oxygen atoms in total. The van der Waals surface area contributed by atoms with E-state index in [4.69, 9.17) is 16.7 Å². The maximum Gasteiger partial charge on any atom is 0.328 e. The van der Waals surface area contributed by atoms with E-state index >= 15 is 0 Å². The molecular weight excluding hydrogens is 477 g/mol. The van der Waals surface area contributed by atoms with Gasteiger partial charge in [0.05, 0.1) is 22.5 Å². The predicted molar refractivity (Wildman–Crippen MR) is 139 cm³/mol. The number of allylic oxidation sites excluding steroid dienone is 1. The van der Waals surface area contributed by atoms with Crippen molar-refractivity contribution in [1.82, 2.24) is 10.2 Å². The minimum atomic E-state index is -1.02. The Morgan fingerprint density at radius 1 is 1.11 bits per heavy atom. The lowest BCUT2D eigenvalue weighted by atomic mass is 9.73. The van der Waals surface area contributed by atoms with Gasteiger partial charge in [0.2, 0.25) is 5.95 Å². The number of carboxylic acid groups (broad SMARTS) is 1. The summed E-state index contributed by atoms with van der Waals surface area (Å²) in [5, 5.41) is 25.6. The van der Waals surface area contributed by atoms with Crippen molar-refractivity contribution >= 4 is 45.7 Å². The number of hydrogen-bond acceptors (Lipinski definition) is 3. The summed E-state index contributed by atoms with van der Waals surface area (Å²) < 4.78 is 14.5. The van der Waals surface area contributed by atoms with Crippen molar-refractivity contribution in [2.24, 2.45) is 5.92 Å². The third-order valence-electron chi connectivity index (χ3n) is 6.59. The molecule has 0 unspecified atom stereocenters. The molecule has 0 aliphatic heterocycles. The number of aromatic nitrogens is 2. The molecule has 0 spiro atoms. The molecule has 0 amide bonds. The summed E-state index contributed by atoms with van der Waals surface area (Å²) in [4.78, 5) is 10.9. The van der Waals surface area contributed by atoms with Crippen LogP contribution in [-0.2, 0) is 4.79 Å². The van der Waals surface area contributed by atoms with E-state index in [1.807, 2.05) is 36.4 Å². The van der Waals surface area contributed by atoms with Gasteiger partial charge in [-0.25, -0.2) is 4.79 Å². The fourth-order valence-electron chi connectivity index (χ4n) is 4.60. The Bertz CT molecular complexity index is 1570. The molecule has 1 aliphatic rings. The van der Waals surface area contributed by atoms with Crippen molar-refractivity contribution < 1.29 is 14.3 Å². The molecule has 0 saturated heterocycles. The van der Waals surface area contributed by atoms with Gasteiger partial charge >= 0.3 is 5.97 Å². The molecule has 1 aliphatic carbocycles. The van der Waals surface area contributed by atoms with E-state index in [0.29, 0.717) is 21.5 Å². The van der Waals surface area contributed by atoms with Gasteiger partial charge in [-0.1, -0.05) is 54.4 Å². The fourth-order valence-corrected chi connectivity index (χ4v) is 4.88. The first-order chi connectivity index (χ1) is 17.4. The van der Waals surface area contributed by atoms with Crippen LogP contribution in [0, 0.1) is 23.2 Å².